The van der Waals surface area contributed by atoms with Gasteiger partial charge in [-0.25, -0.2) is 13.1 Å². The molecule has 0 bridgehead atoms. The molecule has 18 heavy (non-hydrogen) atoms. The van der Waals surface area contributed by atoms with E-state index in [9.17, 15) is 8.42 Å². The van der Waals surface area contributed by atoms with Gasteiger partial charge in [-0.1, -0.05) is 18.5 Å². The molecule has 0 spiro atoms. The normalized spacial score (nSPS) is 18.3. The van der Waals surface area contributed by atoms with Crippen molar-refractivity contribution in [2.75, 3.05) is 5.73 Å². The van der Waals surface area contributed by atoms with Crippen LogP contribution in [0.25, 0.3) is 0 Å². The Hall–Kier alpha value is -0.780. The molecule has 0 aromatic heterocycles. The summed E-state index contributed by atoms with van der Waals surface area (Å²) in [5, 5.41) is 0.197. The summed E-state index contributed by atoms with van der Waals surface area (Å²) in [5.74, 6) is 0. The summed E-state index contributed by atoms with van der Waals surface area (Å²) >= 11 is 5.94. The van der Waals surface area contributed by atoms with Crippen LogP contribution in [0.2, 0.25) is 5.02 Å². The summed E-state index contributed by atoms with van der Waals surface area (Å²) in [4.78, 5) is 0.0592. The fourth-order valence-electron chi connectivity index (χ4n) is 2.20. The van der Waals surface area contributed by atoms with Gasteiger partial charge in [-0.3, -0.25) is 0 Å². The van der Waals surface area contributed by atoms with E-state index in [4.69, 9.17) is 17.3 Å². The van der Waals surface area contributed by atoms with Crippen LogP contribution in [0, 0.1) is 0 Å². The van der Waals surface area contributed by atoms with Crippen LogP contribution in [-0.2, 0) is 10.0 Å². The molecule has 3 N–H and O–H groups in total. The van der Waals surface area contributed by atoms with E-state index < -0.39 is 10.0 Å². The molecule has 1 aromatic rings. The molecule has 6 heteroatoms. The number of nitrogens with one attached hydrogen (secondary N) is 1. The highest BCUT2D eigenvalue weighted by molar-refractivity contribution is 7.89. The first-order chi connectivity index (χ1) is 8.38. The third-order valence-electron chi connectivity index (χ3n) is 3.58. The minimum Gasteiger partial charge on any atom is -0.399 e. The molecule has 0 aliphatic heterocycles. The van der Waals surface area contributed by atoms with Gasteiger partial charge < -0.3 is 5.73 Å². The van der Waals surface area contributed by atoms with Gasteiger partial charge in [0.15, 0.2) is 0 Å². The van der Waals surface area contributed by atoms with E-state index in [1.165, 1.54) is 12.1 Å². The van der Waals surface area contributed by atoms with Crippen LogP contribution in [0.15, 0.2) is 23.1 Å². The van der Waals surface area contributed by atoms with E-state index in [0.29, 0.717) is 5.69 Å². The highest BCUT2D eigenvalue weighted by Crippen LogP contribution is 2.36. The zero-order valence-electron chi connectivity index (χ0n) is 10.2. The Morgan fingerprint density at radius 3 is 2.61 bits per heavy atom. The summed E-state index contributed by atoms with van der Waals surface area (Å²) in [5.41, 5.74) is 5.71. The molecule has 1 aliphatic rings. The molecule has 0 radical (unpaired) electrons. The van der Waals surface area contributed by atoms with Crippen molar-refractivity contribution in [3.05, 3.63) is 23.2 Å². The van der Waals surface area contributed by atoms with Crippen LogP contribution in [-0.4, -0.2) is 14.0 Å². The van der Waals surface area contributed by atoms with E-state index in [-0.39, 0.29) is 15.5 Å². The van der Waals surface area contributed by atoms with Crippen molar-refractivity contribution < 1.29 is 8.42 Å². The molecule has 4 nitrogen and oxygen atoms in total. The summed E-state index contributed by atoms with van der Waals surface area (Å²) in [6.45, 7) is 1.99. The second-order valence-electron chi connectivity index (χ2n) is 4.78. The fraction of sp³-hybridized carbons (Fsp3) is 0.500. The largest absolute Gasteiger partial charge is 0.399 e. The molecular weight excluding hydrogens is 272 g/mol. The number of hydrogen-bond donors (Lipinski definition) is 2. The van der Waals surface area contributed by atoms with E-state index in [0.717, 1.165) is 25.7 Å². The van der Waals surface area contributed by atoms with Crippen molar-refractivity contribution in [3.63, 3.8) is 0 Å². The number of rotatable bonds is 4. The predicted molar refractivity (Wildman–Crippen MR) is 73.1 cm³/mol. The van der Waals surface area contributed by atoms with Crippen LogP contribution >= 0.6 is 11.6 Å². The van der Waals surface area contributed by atoms with Gasteiger partial charge in [0.1, 0.15) is 4.90 Å². The lowest BCUT2D eigenvalue weighted by atomic mass is 9.76. The first-order valence-electron chi connectivity index (χ1n) is 5.98. The number of sulfonamides is 1. The van der Waals surface area contributed by atoms with Crippen molar-refractivity contribution in [2.45, 2.75) is 43.0 Å². The average Bonchev–Trinajstić information content (AvgIpc) is 2.27. The minimum atomic E-state index is -3.61. The van der Waals surface area contributed by atoms with Crippen LogP contribution < -0.4 is 10.5 Å². The van der Waals surface area contributed by atoms with E-state index >= 15 is 0 Å². The molecule has 0 heterocycles. The fourth-order valence-corrected chi connectivity index (χ4v) is 4.26. The Morgan fingerprint density at radius 2 is 2.11 bits per heavy atom. The minimum absolute atomic E-state index is 0.0592. The molecule has 0 saturated heterocycles. The summed E-state index contributed by atoms with van der Waals surface area (Å²) < 4.78 is 27.4. The van der Waals surface area contributed by atoms with Gasteiger partial charge in [0.2, 0.25) is 10.0 Å². The molecule has 1 aliphatic carbocycles. The van der Waals surface area contributed by atoms with Gasteiger partial charge in [-0.2, -0.15) is 0 Å². The lowest BCUT2D eigenvalue weighted by Gasteiger charge is -2.41. The average molecular weight is 289 g/mol. The molecule has 2 rings (SSSR count). The number of nitrogen functional groups attached to an aromatic ring is 1. The van der Waals surface area contributed by atoms with E-state index in [1.807, 2.05) is 6.92 Å². The second kappa shape index (κ2) is 4.72. The predicted octanol–water partition coefficient (Wildman–Crippen LogP) is 2.53. The number of hydrogen-bond acceptors (Lipinski definition) is 3. The van der Waals surface area contributed by atoms with Crippen molar-refractivity contribution in [3.8, 4) is 0 Å². The Labute approximate surface area is 113 Å². The lowest BCUT2D eigenvalue weighted by molar-refractivity contribution is 0.214. The van der Waals surface area contributed by atoms with Crippen molar-refractivity contribution >= 4 is 27.3 Å². The molecule has 1 saturated carbocycles. The summed E-state index contributed by atoms with van der Waals surface area (Å²) in [6, 6.07) is 4.48. The second-order valence-corrected chi connectivity index (χ2v) is 6.84. The zero-order valence-corrected chi connectivity index (χ0v) is 11.8. The first-order valence-corrected chi connectivity index (χ1v) is 7.84. The van der Waals surface area contributed by atoms with Gasteiger partial charge in [0.05, 0.1) is 5.02 Å². The quantitative estimate of drug-likeness (QED) is 0.836. The third-order valence-corrected chi connectivity index (χ3v) is 5.64. The molecule has 0 atom stereocenters. The number of benzene rings is 1. The lowest BCUT2D eigenvalue weighted by Crippen LogP contribution is -2.52. The summed E-state index contributed by atoms with van der Waals surface area (Å²) in [6.07, 6.45) is 3.60. The molecule has 100 valence electrons. The highest BCUT2D eigenvalue weighted by Gasteiger charge is 2.39. The SMILES string of the molecule is CCC1(NS(=O)(=O)c2cc(N)ccc2Cl)CCC1. The van der Waals surface area contributed by atoms with Crippen molar-refractivity contribution in [1.29, 1.82) is 0 Å². The Kier molecular flexibility index (Phi) is 3.58. The van der Waals surface area contributed by atoms with Crippen LogP contribution in [0.4, 0.5) is 5.69 Å². The van der Waals surface area contributed by atoms with Crippen LogP contribution in [0.1, 0.15) is 32.6 Å². The van der Waals surface area contributed by atoms with E-state index in [2.05, 4.69) is 4.72 Å². The maximum Gasteiger partial charge on any atom is 0.242 e. The first kappa shape index (κ1) is 13.6. The van der Waals surface area contributed by atoms with Gasteiger partial charge >= 0.3 is 0 Å². The molecule has 0 amide bonds. The number of anilines is 1. The van der Waals surface area contributed by atoms with Crippen molar-refractivity contribution in [1.82, 2.24) is 4.72 Å². The number of nitrogens with two attached hydrogens (primary N) is 1. The highest BCUT2D eigenvalue weighted by atomic mass is 35.5. The summed E-state index contributed by atoms with van der Waals surface area (Å²) in [7, 11) is -3.61. The monoisotopic (exact) mass is 288 g/mol. The molecular formula is C12H17ClN2O2S. The zero-order chi connectivity index (χ0) is 13.4. The Morgan fingerprint density at radius 1 is 1.44 bits per heavy atom. The van der Waals surface area contributed by atoms with Gasteiger partial charge in [0, 0.05) is 11.2 Å². The molecule has 1 aromatic carbocycles. The van der Waals surface area contributed by atoms with Crippen LogP contribution in [0.5, 0.6) is 0 Å². The van der Waals surface area contributed by atoms with Gasteiger partial charge in [0.25, 0.3) is 0 Å². The van der Waals surface area contributed by atoms with Gasteiger partial charge in [-0.15, -0.1) is 0 Å². The van der Waals surface area contributed by atoms with E-state index in [1.54, 1.807) is 6.07 Å². The topological polar surface area (TPSA) is 72.2 Å². The van der Waals surface area contributed by atoms with Crippen molar-refractivity contribution in [2.24, 2.45) is 0 Å². The molecule has 0 unspecified atom stereocenters. The molecule has 1 fully saturated rings. The maximum atomic E-state index is 12.3. The smallest absolute Gasteiger partial charge is 0.242 e. The maximum absolute atomic E-state index is 12.3. The third kappa shape index (κ3) is 2.48. The van der Waals surface area contributed by atoms with Crippen LogP contribution in [0.3, 0.4) is 0 Å². The Balaban J connectivity index is 2.33. The Bertz CT molecular complexity index is 548. The van der Waals surface area contributed by atoms with Gasteiger partial charge in [-0.05, 0) is 43.9 Å². The standard InChI is InChI=1S/C12H17ClN2O2S/c1-2-12(6-3-7-12)15-18(16,17)11-8-9(14)4-5-10(11)13/h4-5,8,15H,2-3,6-7,14H2,1H3. The number of halogens is 1.